The number of benzene rings is 1. The molecule has 3 aromatic rings. The van der Waals surface area contributed by atoms with Crippen molar-refractivity contribution in [2.24, 2.45) is 5.92 Å². The fourth-order valence-corrected chi connectivity index (χ4v) is 7.03. The van der Waals surface area contributed by atoms with Crippen molar-refractivity contribution < 1.29 is 42.5 Å². The molecule has 17 heteroatoms. The number of hydrogen-bond donors (Lipinski definition) is 4. The van der Waals surface area contributed by atoms with Crippen LogP contribution < -0.4 is 15.8 Å². The molecule has 3 heterocycles. The monoisotopic (exact) mass is 640 g/mol. The van der Waals surface area contributed by atoms with Crippen molar-refractivity contribution in [2.75, 3.05) is 26.0 Å². The predicted molar refractivity (Wildman–Crippen MR) is 156 cm³/mol. The molecule has 1 aromatic carbocycles. The van der Waals surface area contributed by atoms with Gasteiger partial charge < -0.3 is 29.9 Å². The molecule has 0 radical (unpaired) electrons. The summed E-state index contributed by atoms with van der Waals surface area (Å²) in [6.07, 6.45) is -1.78. The summed E-state index contributed by atoms with van der Waals surface area (Å²) in [4.78, 5) is 34.5. The maximum Gasteiger partial charge on any atom is 0.462 e. The van der Waals surface area contributed by atoms with Gasteiger partial charge in [0.05, 0.1) is 6.61 Å². The van der Waals surface area contributed by atoms with Gasteiger partial charge in [0.2, 0.25) is 5.95 Å². The number of nitrogens with two attached hydrogens (primary N) is 1. The first-order chi connectivity index (χ1) is 20.9. The van der Waals surface area contributed by atoms with E-state index in [4.69, 9.17) is 24.3 Å². The van der Waals surface area contributed by atoms with Crippen LogP contribution in [0.2, 0.25) is 0 Å². The van der Waals surface area contributed by atoms with Crippen molar-refractivity contribution >= 4 is 30.8 Å². The minimum absolute atomic E-state index is 0.0500. The molecule has 242 valence electrons. The minimum atomic E-state index is -4.50. The highest BCUT2D eigenvalue weighted by Crippen LogP contribution is 2.54. The number of imidazole rings is 1. The number of carboxylic acids is 1. The average Bonchev–Trinajstić information content (AvgIpc) is 3.53. The van der Waals surface area contributed by atoms with Gasteiger partial charge in [0.15, 0.2) is 17.3 Å². The lowest BCUT2D eigenvalue weighted by Crippen LogP contribution is -2.43. The lowest BCUT2D eigenvalue weighted by molar-refractivity contribution is -0.240. The lowest BCUT2D eigenvalue weighted by Gasteiger charge is -2.34. The largest absolute Gasteiger partial charge is 0.480 e. The fourth-order valence-electron chi connectivity index (χ4n) is 5.12. The molecular weight excluding hydrogens is 602 g/mol. The van der Waals surface area contributed by atoms with E-state index < -0.39 is 56.2 Å². The van der Waals surface area contributed by atoms with Crippen LogP contribution in [0.15, 0.2) is 41.5 Å². The molecule has 0 saturated carbocycles. The second-order valence-electron chi connectivity index (χ2n) is 10.5. The number of ether oxygens (including phenoxy) is 2. The summed E-state index contributed by atoms with van der Waals surface area (Å²) in [7, 11) is -3.36. The fraction of sp³-hybridized carbons (Fsp3) is 0.556. The maximum absolute atomic E-state index is 16.7. The van der Waals surface area contributed by atoms with E-state index in [1.54, 1.807) is 18.2 Å². The third kappa shape index (κ3) is 6.65. The molecule has 0 bridgehead atoms. The van der Waals surface area contributed by atoms with Crippen LogP contribution in [0.4, 0.5) is 10.3 Å². The van der Waals surface area contributed by atoms with Gasteiger partial charge in [0.1, 0.15) is 30.3 Å². The lowest BCUT2D eigenvalue weighted by atomic mass is 9.99. The number of carbonyl (C=O) groups is 1. The summed E-state index contributed by atoms with van der Waals surface area (Å²) in [5.74, 6) is -4.17. The molecule has 0 amide bonds. The van der Waals surface area contributed by atoms with Crippen molar-refractivity contribution in [1.29, 1.82) is 0 Å². The molecule has 44 heavy (non-hydrogen) atoms. The number of rotatable bonds is 15. The highest BCUT2D eigenvalue weighted by molar-refractivity contribution is 7.51. The first-order valence-corrected chi connectivity index (χ1v) is 15.7. The number of methoxy groups -OCH3 is 1. The van der Waals surface area contributed by atoms with Gasteiger partial charge in [-0.3, -0.25) is 23.7 Å². The van der Waals surface area contributed by atoms with E-state index in [1.807, 2.05) is 13.8 Å². The number of aromatic nitrogens is 4. The number of aliphatic carboxylic acids is 1. The van der Waals surface area contributed by atoms with Gasteiger partial charge in [0, 0.05) is 13.7 Å². The first kappa shape index (κ1) is 33.5. The number of hydrogen-bond acceptors (Lipinski definition) is 11. The summed E-state index contributed by atoms with van der Waals surface area (Å²) in [5.41, 5.74) is 4.42. The number of aliphatic hydroxyl groups is 1. The normalized spacial score (nSPS) is 24.1. The molecule has 0 unspecified atom stereocenters. The number of anilines is 1. The number of nitrogens with one attached hydrogen (secondary N) is 1. The molecule has 1 saturated heterocycles. The number of aliphatic hydroxyl groups excluding tert-OH is 1. The van der Waals surface area contributed by atoms with Crippen LogP contribution in [0, 0.1) is 5.92 Å². The molecule has 4 rings (SSSR count). The van der Waals surface area contributed by atoms with E-state index in [-0.39, 0.29) is 35.3 Å². The third-order valence-electron chi connectivity index (χ3n) is 7.77. The zero-order valence-electron chi connectivity index (χ0n) is 24.8. The van der Waals surface area contributed by atoms with E-state index >= 15 is 4.39 Å². The second kappa shape index (κ2) is 13.7. The van der Waals surface area contributed by atoms with E-state index in [9.17, 15) is 24.4 Å². The Morgan fingerprint density at radius 3 is 2.61 bits per heavy atom. The maximum atomic E-state index is 16.7. The Labute approximate surface area is 252 Å². The number of aromatic amines is 1. The van der Waals surface area contributed by atoms with Crippen LogP contribution in [0.1, 0.15) is 40.0 Å². The van der Waals surface area contributed by atoms with E-state index in [2.05, 4.69) is 15.0 Å². The number of carboxylic acid groups (broad SMARTS) is 1. The van der Waals surface area contributed by atoms with Crippen LogP contribution in [0.25, 0.3) is 11.2 Å². The van der Waals surface area contributed by atoms with Crippen molar-refractivity contribution in [2.45, 2.75) is 70.4 Å². The molecule has 15 nitrogen and oxygen atoms in total. The minimum Gasteiger partial charge on any atom is -0.480 e. The summed E-state index contributed by atoms with van der Waals surface area (Å²) in [6, 6.07) is 6.75. The first-order valence-electron chi connectivity index (χ1n) is 14.2. The smallest absolute Gasteiger partial charge is 0.462 e. The zero-order chi connectivity index (χ0) is 32.2. The Kier molecular flexibility index (Phi) is 10.4. The van der Waals surface area contributed by atoms with Crippen LogP contribution in [0.5, 0.6) is 5.75 Å². The number of nitrogen functional groups attached to an aromatic ring is 1. The van der Waals surface area contributed by atoms with E-state index in [0.29, 0.717) is 6.42 Å². The van der Waals surface area contributed by atoms with E-state index in [0.717, 1.165) is 35.5 Å². The Morgan fingerprint density at radius 1 is 1.32 bits per heavy atom. The van der Waals surface area contributed by atoms with Gasteiger partial charge in [-0.2, -0.15) is 14.0 Å². The van der Waals surface area contributed by atoms with Crippen molar-refractivity contribution in [3.05, 3.63) is 47.0 Å². The number of fused-ring (bicyclic) bond motifs is 1. The molecule has 0 aliphatic carbocycles. The SMILES string of the molecule is CCC(CC)CCN([C@@H](C)C(=O)O)[P@@](=O)(OC[C@H]1O[C@@](F)(n2cnc3c(=O)[nH]c(N)nc32)[C@H](OC)[C@@H]1O)Oc1ccccc1. The molecule has 1 fully saturated rings. The zero-order valence-corrected chi connectivity index (χ0v) is 25.7. The highest BCUT2D eigenvalue weighted by Gasteiger charge is 2.59. The number of para-hydroxylation sites is 1. The van der Waals surface area contributed by atoms with Crippen LogP contribution in [-0.2, 0) is 29.3 Å². The summed E-state index contributed by atoms with van der Waals surface area (Å²) < 4.78 is 55.7. The van der Waals surface area contributed by atoms with Crippen LogP contribution in [0.3, 0.4) is 0 Å². The van der Waals surface area contributed by atoms with Gasteiger partial charge in [-0.25, -0.2) is 9.55 Å². The van der Waals surface area contributed by atoms with Gasteiger partial charge >= 0.3 is 19.7 Å². The van der Waals surface area contributed by atoms with Gasteiger partial charge in [0.25, 0.3) is 5.56 Å². The van der Waals surface area contributed by atoms with Crippen molar-refractivity contribution in [1.82, 2.24) is 24.2 Å². The molecular formula is C27H38FN6O9P. The quantitative estimate of drug-likeness (QED) is 0.177. The molecule has 2 aromatic heterocycles. The number of halogens is 1. The standard InChI is InChI=1S/C27H38FN6O9P/c1-5-17(6-2)12-13-34(16(3)25(37)38)44(39,43-18-10-8-7-9-11-18)41-14-19-21(35)22(40-4)27(28,42-19)33-15-30-20-23(33)31-26(29)32-24(20)36/h7-11,15-17,19,21-22,35H,5-6,12-14H2,1-4H3,(H,37,38)(H3,29,31,32,36)/t16-,19+,21+,22+,27-,44+/m0/s1. The Morgan fingerprint density at radius 2 is 2.00 bits per heavy atom. The third-order valence-corrected chi connectivity index (χ3v) is 9.87. The molecule has 1 aliphatic heterocycles. The predicted octanol–water partition coefficient (Wildman–Crippen LogP) is 2.86. The topological polar surface area (TPSA) is 204 Å². The summed E-state index contributed by atoms with van der Waals surface area (Å²) in [5, 5.41) is 21.0. The Bertz CT molecular complexity index is 1540. The van der Waals surface area contributed by atoms with Gasteiger partial charge in [-0.05, 0) is 31.4 Å². The van der Waals surface area contributed by atoms with E-state index in [1.165, 1.54) is 19.1 Å². The summed E-state index contributed by atoms with van der Waals surface area (Å²) >= 11 is 0. The van der Waals surface area contributed by atoms with Crippen LogP contribution >= 0.6 is 7.75 Å². The summed E-state index contributed by atoms with van der Waals surface area (Å²) in [6.45, 7) is 4.72. The number of alkyl halides is 1. The Balaban J connectivity index is 1.67. The van der Waals surface area contributed by atoms with Gasteiger partial charge in [-0.15, -0.1) is 0 Å². The van der Waals surface area contributed by atoms with Gasteiger partial charge in [-0.1, -0.05) is 44.9 Å². The number of nitrogens with zero attached hydrogens (tertiary/aromatic N) is 4. The molecule has 6 atom stereocenters. The highest BCUT2D eigenvalue weighted by atomic mass is 31.2. The molecule has 0 spiro atoms. The number of H-pyrrole nitrogens is 1. The Hall–Kier alpha value is -3.40. The van der Waals surface area contributed by atoms with Crippen molar-refractivity contribution in [3.8, 4) is 5.75 Å². The molecule has 1 aliphatic rings. The van der Waals surface area contributed by atoms with Crippen LogP contribution in [-0.4, -0.2) is 85.0 Å². The molecule has 5 N–H and O–H groups in total. The average molecular weight is 641 g/mol. The van der Waals surface area contributed by atoms with Crippen molar-refractivity contribution in [3.63, 3.8) is 0 Å². The second-order valence-corrected chi connectivity index (χ2v) is 12.4.